The van der Waals surface area contributed by atoms with Gasteiger partial charge in [0, 0.05) is 6.54 Å². The Morgan fingerprint density at radius 1 is 1.20 bits per heavy atom. The molecule has 0 aromatic carbocycles. The Labute approximate surface area is 98.8 Å². The van der Waals surface area contributed by atoms with Gasteiger partial charge in [-0.1, -0.05) is 19.3 Å². The van der Waals surface area contributed by atoms with E-state index in [-0.39, 0.29) is 0 Å². The van der Waals surface area contributed by atoms with E-state index in [1.54, 1.807) is 12.4 Å². The lowest BCUT2D eigenvalue weighted by Crippen LogP contribution is -2.17. The molecule has 1 aliphatic rings. The summed E-state index contributed by atoms with van der Waals surface area (Å²) in [7, 11) is 0. The van der Waals surface area contributed by atoms with Crippen molar-refractivity contribution in [3.05, 3.63) is 17.0 Å². The van der Waals surface area contributed by atoms with Crippen molar-refractivity contribution in [1.82, 2.24) is 9.97 Å². The van der Waals surface area contributed by atoms with E-state index >= 15 is 0 Å². The summed E-state index contributed by atoms with van der Waals surface area (Å²) in [5, 5.41) is 3.35. The summed E-state index contributed by atoms with van der Waals surface area (Å²) in [6.45, 7) is 1.04. The SMILES string of the molecule is Brc1cnc(NCC2CCCCC2)cn1. The highest BCUT2D eigenvalue weighted by Crippen LogP contribution is 2.23. The molecule has 1 heterocycles. The molecular weight excluding hydrogens is 254 g/mol. The Morgan fingerprint density at radius 3 is 2.67 bits per heavy atom. The van der Waals surface area contributed by atoms with E-state index in [9.17, 15) is 0 Å². The van der Waals surface area contributed by atoms with Crippen LogP contribution in [0.2, 0.25) is 0 Å². The fourth-order valence-corrected chi connectivity index (χ4v) is 2.25. The second-order valence-corrected chi connectivity index (χ2v) is 4.92. The fraction of sp³-hybridized carbons (Fsp3) is 0.636. The van der Waals surface area contributed by atoms with Crippen LogP contribution in [0.5, 0.6) is 0 Å². The lowest BCUT2D eigenvalue weighted by Gasteiger charge is -2.21. The average Bonchev–Trinajstić information content (AvgIpc) is 2.30. The van der Waals surface area contributed by atoms with Crippen molar-refractivity contribution in [3.63, 3.8) is 0 Å². The molecule has 2 rings (SSSR count). The standard InChI is InChI=1S/C11H16BrN3/c12-10-7-15-11(8-13-10)14-6-9-4-2-1-3-5-9/h7-9H,1-6H2,(H,14,15). The number of halogens is 1. The number of nitrogens with zero attached hydrogens (tertiary/aromatic N) is 2. The largest absolute Gasteiger partial charge is 0.369 e. The minimum absolute atomic E-state index is 0.783. The van der Waals surface area contributed by atoms with Crippen LogP contribution < -0.4 is 5.32 Å². The molecule has 1 aromatic rings. The molecule has 0 bridgehead atoms. The minimum atomic E-state index is 0.783. The van der Waals surface area contributed by atoms with Crippen LogP contribution >= 0.6 is 15.9 Å². The molecule has 0 atom stereocenters. The highest BCUT2D eigenvalue weighted by atomic mass is 79.9. The number of rotatable bonds is 3. The number of anilines is 1. The van der Waals surface area contributed by atoms with Crippen LogP contribution in [0.1, 0.15) is 32.1 Å². The van der Waals surface area contributed by atoms with E-state index < -0.39 is 0 Å². The third-order valence-electron chi connectivity index (χ3n) is 2.92. The number of hydrogen-bond acceptors (Lipinski definition) is 3. The van der Waals surface area contributed by atoms with Crippen LogP contribution in [0.3, 0.4) is 0 Å². The first-order valence-corrected chi connectivity index (χ1v) is 6.35. The summed E-state index contributed by atoms with van der Waals surface area (Å²) in [4.78, 5) is 8.38. The second kappa shape index (κ2) is 5.45. The normalized spacial score (nSPS) is 17.7. The average molecular weight is 270 g/mol. The molecule has 1 saturated carbocycles. The van der Waals surface area contributed by atoms with Crippen molar-refractivity contribution in [2.45, 2.75) is 32.1 Å². The lowest BCUT2D eigenvalue weighted by molar-refractivity contribution is 0.373. The molecule has 1 aromatic heterocycles. The maximum absolute atomic E-state index is 4.24. The molecule has 3 nitrogen and oxygen atoms in total. The van der Waals surface area contributed by atoms with Crippen LogP contribution in [0.4, 0.5) is 5.82 Å². The molecule has 0 saturated heterocycles. The highest BCUT2D eigenvalue weighted by molar-refractivity contribution is 9.10. The summed E-state index contributed by atoms with van der Waals surface area (Å²) in [6, 6.07) is 0. The predicted molar refractivity (Wildman–Crippen MR) is 64.8 cm³/mol. The highest BCUT2D eigenvalue weighted by Gasteiger charge is 2.12. The van der Waals surface area contributed by atoms with Gasteiger partial charge in [-0.05, 0) is 34.7 Å². The topological polar surface area (TPSA) is 37.8 Å². The Morgan fingerprint density at radius 2 is 2.00 bits per heavy atom. The Balaban J connectivity index is 1.79. The van der Waals surface area contributed by atoms with E-state index in [4.69, 9.17) is 0 Å². The molecular formula is C11H16BrN3. The van der Waals surface area contributed by atoms with E-state index in [1.807, 2.05) is 0 Å². The van der Waals surface area contributed by atoms with Crippen molar-refractivity contribution in [2.75, 3.05) is 11.9 Å². The molecule has 0 spiro atoms. The maximum Gasteiger partial charge on any atom is 0.144 e. The molecule has 1 N–H and O–H groups in total. The number of aromatic nitrogens is 2. The molecule has 0 radical (unpaired) electrons. The molecule has 4 heteroatoms. The van der Waals surface area contributed by atoms with Crippen LogP contribution in [0.15, 0.2) is 17.0 Å². The second-order valence-electron chi connectivity index (χ2n) is 4.11. The summed E-state index contributed by atoms with van der Waals surface area (Å²) < 4.78 is 0.783. The first-order chi connectivity index (χ1) is 7.34. The molecule has 0 amide bonds. The molecule has 0 unspecified atom stereocenters. The van der Waals surface area contributed by atoms with Gasteiger partial charge >= 0.3 is 0 Å². The van der Waals surface area contributed by atoms with Crippen molar-refractivity contribution >= 4 is 21.7 Å². The van der Waals surface area contributed by atoms with Crippen molar-refractivity contribution in [3.8, 4) is 0 Å². The van der Waals surface area contributed by atoms with Gasteiger partial charge in [0.15, 0.2) is 0 Å². The van der Waals surface area contributed by atoms with Gasteiger partial charge in [-0.2, -0.15) is 0 Å². The zero-order valence-corrected chi connectivity index (χ0v) is 10.3. The van der Waals surface area contributed by atoms with E-state index in [1.165, 1.54) is 32.1 Å². The monoisotopic (exact) mass is 269 g/mol. The van der Waals surface area contributed by atoms with Gasteiger partial charge in [0.05, 0.1) is 12.4 Å². The van der Waals surface area contributed by atoms with E-state index in [2.05, 4.69) is 31.2 Å². The van der Waals surface area contributed by atoms with Crippen LogP contribution in [0, 0.1) is 5.92 Å². The summed E-state index contributed by atoms with van der Waals surface area (Å²) >= 11 is 3.27. The van der Waals surface area contributed by atoms with Gasteiger partial charge in [0.25, 0.3) is 0 Å². The molecule has 15 heavy (non-hydrogen) atoms. The Kier molecular flexibility index (Phi) is 3.94. The maximum atomic E-state index is 4.24. The quantitative estimate of drug-likeness (QED) is 0.916. The van der Waals surface area contributed by atoms with Crippen LogP contribution in [-0.2, 0) is 0 Å². The summed E-state index contributed by atoms with van der Waals surface area (Å²) in [6.07, 6.45) is 10.4. The van der Waals surface area contributed by atoms with Gasteiger partial charge in [0.1, 0.15) is 10.4 Å². The third kappa shape index (κ3) is 3.45. The summed E-state index contributed by atoms with van der Waals surface area (Å²) in [5.74, 6) is 1.70. The number of hydrogen-bond donors (Lipinski definition) is 1. The van der Waals surface area contributed by atoms with Crippen molar-refractivity contribution < 1.29 is 0 Å². The van der Waals surface area contributed by atoms with Crippen LogP contribution in [-0.4, -0.2) is 16.5 Å². The van der Waals surface area contributed by atoms with E-state index in [0.717, 1.165) is 22.9 Å². The van der Waals surface area contributed by atoms with Gasteiger partial charge in [0.2, 0.25) is 0 Å². The van der Waals surface area contributed by atoms with Gasteiger partial charge < -0.3 is 5.32 Å². The zero-order valence-electron chi connectivity index (χ0n) is 8.75. The minimum Gasteiger partial charge on any atom is -0.369 e. The van der Waals surface area contributed by atoms with Gasteiger partial charge in [-0.25, -0.2) is 9.97 Å². The lowest BCUT2D eigenvalue weighted by atomic mass is 9.89. The molecule has 0 aliphatic heterocycles. The predicted octanol–water partition coefficient (Wildman–Crippen LogP) is 3.23. The summed E-state index contributed by atoms with van der Waals surface area (Å²) in [5.41, 5.74) is 0. The molecule has 1 fully saturated rings. The van der Waals surface area contributed by atoms with Crippen molar-refractivity contribution in [2.24, 2.45) is 5.92 Å². The van der Waals surface area contributed by atoms with Gasteiger partial charge in [-0.15, -0.1) is 0 Å². The molecule has 1 aliphatic carbocycles. The third-order valence-corrected chi connectivity index (χ3v) is 3.33. The Bertz CT molecular complexity index is 293. The van der Waals surface area contributed by atoms with Crippen molar-refractivity contribution in [1.29, 1.82) is 0 Å². The smallest absolute Gasteiger partial charge is 0.144 e. The van der Waals surface area contributed by atoms with E-state index in [0.29, 0.717) is 0 Å². The Hall–Kier alpha value is -0.640. The fourth-order valence-electron chi connectivity index (χ4n) is 2.04. The number of nitrogens with one attached hydrogen (secondary N) is 1. The van der Waals surface area contributed by atoms with Crippen LogP contribution in [0.25, 0.3) is 0 Å². The first kappa shape index (κ1) is 10.9. The van der Waals surface area contributed by atoms with Gasteiger partial charge in [-0.3, -0.25) is 0 Å². The molecule has 82 valence electrons. The first-order valence-electron chi connectivity index (χ1n) is 5.56. The zero-order chi connectivity index (χ0) is 10.5.